The van der Waals surface area contributed by atoms with E-state index >= 15 is 0 Å². The van der Waals surface area contributed by atoms with E-state index < -0.39 is 11.8 Å². The van der Waals surface area contributed by atoms with E-state index in [-0.39, 0.29) is 17.3 Å². The van der Waals surface area contributed by atoms with Crippen molar-refractivity contribution in [3.05, 3.63) is 0 Å². The zero-order chi connectivity index (χ0) is 17.6. The van der Waals surface area contributed by atoms with Gasteiger partial charge in [-0.1, -0.05) is 22.9 Å². The number of carbonyl (C=O) groups is 1. The first-order valence-electron chi connectivity index (χ1n) is 10.4. The molecule has 4 heteroatoms. The molecule has 5 aliphatic rings. The van der Waals surface area contributed by atoms with E-state index in [1.807, 2.05) is 0 Å². The van der Waals surface area contributed by atoms with Crippen LogP contribution >= 0.6 is 15.9 Å². The van der Waals surface area contributed by atoms with Crippen molar-refractivity contribution in [2.75, 3.05) is 5.33 Å². The van der Waals surface area contributed by atoms with Crippen molar-refractivity contribution in [3.8, 4) is 0 Å². The summed E-state index contributed by atoms with van der Waals surface area (Å²) in [5.74, 6) is 3.75. The van der Waals surface area contributed by atoms with E-state index in [1.165, 1.54) is 25.7 Å². The van der Waals surface area contributed by atoms with Gasteiger partial charge in [0.05, 0.1) is 5.33 Å². The number of rotatable bonds is 2. The molecule has 0 amide bonds. The molecule has 140 valence electrons. The fraction of sp³-hybridized carbons (Fsp3) is 0.952. The number of halogens is 2. The Hall–Kier alpha value is 0.0400. The van der Waals surface area contributed by atoms with Gasteiger partial charge in [-0.15, -0.1) is 0 Å². The summed E-state index contributed by atoms with van der Waals surface area (Å²) >= 11 is 3.39. The van der Waals surface area contributed by atoms with E-state index in [4.69, 9.17) is 0 Å². The fourth-order valence-electron chi connectivity index (χ4n) is 8.37. The monoisotopic (exact) mass is 412 g/mol. The maximum absolute atomic E-state index is 14.2. The molecule has 5 saturated carbocycles. The molecule has 5 fully saturated rings. The van der Waals surface area contributed by atoms with Gasteiger partial charge in [-0.2, -0.15) is 0 Å². The normalized spacial score (nSPS) is 59.4. The van der Waals surface area contributed by atoms with E-state index in [2.05, 4.69) is 22.9 Å². The summed E-state index contributed by atoms with van der Waals surface area (Å²) in [6, 6.07) is 0. The molecule has 0 spiro atoms. The number of carbonyl (C=O) groups excluding carboxylic acids is 1. The van der Waals surface area contributed by atoms with Crippen molar-refractivity contribution in [1.29, 1.82) is 0 Å². The summed E-state index contributed by atoms with van der Waals surface area (Å²) in [5.41, 5.74) is -0.769. The van der Waals surface area contributed by atoms with Gasteiger partial charge < -0.3 is 5.11 Å². The molecule has 1 N–H and O–H groups in total. The molecule has 5 aliphatic carbocycles. The van der Waals surface area contributed by atoms with Gasteiger partial charge in [-0.05, 0) is 86.4 Å². The van der Waals surface area contributed by atoms with Crippen LogP contribution in [-0.2, 0) is 4.79 Å². The molecule has 0 bridgehead atoms. The highest BCUT2D eigenvalue weighted by Crippen LogP contribution is 2.69. The van der Waals surface area contributed by atoms with Crippen LogP contribution in [-0.4, -0.2) is 28.0 Å². The lowest BCUT2D eigenvalue weighted by Gasteiger charge is -2.55. The zero-order valence-corrected chi connectivity index (χ0v) is 16.7. The van der Waals surface area contributed by atoms with Gasteiger partial charge >= 0.3 is 0 Å². The molecule has 5 rings (SSSR count). The average molecular weight is 413 g/mol. The van der Waals surface area contributed by atoms with Crippen molar-refractivity contribution in [2.24, 2.45) is 46.8 Å². The quantitative estimate of drug-likeness (QED) is 0.676. The summed E-state index contributed by atoms with van der Waals surface area (Å²) in [6.07, 6.45) is 7.69. The lowest BCUT2D eigenvalue weighted by atomic mass is 9.49. The SMILES string of the molecule is C[C@]12CC[C@@H]3[C@H]4CC[C@]5(O)C(F)C5[C@H]4CC[C@H]3[C@@H]1CC[C@@H]2C(=O)CBr. The number of alkyl halides is 2. The van der Waals surface area contributed by atoms with Crippen molar-refractivity contribution >= 4 is 21.7 Å². The summed E-state index contributed by atoms with van der Waals surface area (Å²) in [6.45, 7) is 2.39. The Kier molecular flexibility index (Phi) is 3.80. The molecule has 2 unspecified atom stereocenters. The van der Waals surface area contributed by atoms with Gasteiger partial charge in [0.2, 0.25) is 0 Å². The minimum absolute atomic E-state index is 0.0631. The topological polar surface area (TPSA) is 37.3 Å². The van der Waals surface area contributed by atoms with Crippen LogP contribution in [0.4, 0.5) is 4.39 Å². The van der Waals surface area contributed by atoms with Crippen LogP contribution in [0, 0.1) is 46.8 Å². The highest BCUT2D eigenvalue weighted by Gasteiger charge is 2.72. The Morgan fingerprint density at radius 1 is 1.04 bits per heavy atom. The second kappa shape index (κ2) is 5.53. The summed E-state index contributed by atoms with van der Waals surface area (Å²) in [4.78, 5) is 12.5. The van der Waals surface area contributed by atoms with E-state index in [0.717, 1.165) is 25.2 Å². The molecule has 0 aromatic rings. The fourth-order valence-corrected chi connectivity index (χ4v) is 8.77. The lowest BCUT2D eigenvalue weighted by molar-refractivity contribution is -0.128. The van der Waals surface area contributed by atoms with Gasteiger partial charge in [-0.25, -0.2) is 4.39 Å². The van der Waals surface area contributed by atoms with Gasteiger partial charge in [-0.3, -0.25) is 4.79 Å². The van der Waals surface area contributed by atoms with Gasteiger partial charge in [0.25, 0.3) is 0 Å². The Morgan fingerprint density at radius 3 is 2.48 bits per heavy atom. The van der Waals surface area contributed by atoms with Crippen LogP contribution in [0.25, 0.3) is 0 Å². The average Bonchev–Trinajstić information content (AvgIpc) is 2.98. The first-order chi connectivity index (χ1) is 11.9. The van der Waals surface area contributed by atoms with Crippen LogP contribution < -0.4 is 0 Å². The first-order valence-corrected chi connectivity index (χ1v) is 11.5. The van der Waals surface area contributed by atoms with E-state index in [0.29, 0.717) is 41.2 Å². The summed E-state index contributed by atoms with van der Waals surface area (Å²) in [7, 11) is 0. The van der Waals surface area contributed by atoms with Gasteiger partial charge in [0, 0.05) is 11.8 Å². The molecule has 0 aromatic heterocycles. The van der Waals surface area contributed by atoms with Crippen molar-refractivity contribution in [3.63, 3.8) is 0 Å². The second-order valence-electron chi connectivity index (χ2n) is 10.1. The number of ketones is 1. The lowest BCUT2D eigenvalue weighted by Crippen LogP contribution is -2.50. The van der Waals surface area contributed by atoms with Gasteiger partial charge in [0.15, 0.2) is 0 Å². The maximum Gasteiger partial charge on any atom is 0.147 e. The predicted octanol–water partition coefficient (Wildman–Crippen LogP) is 4.53. The second-order valence-corrected chi connectivity index (χ2v) is 10.6. The Morgan fingerprint density at radius 2 is 1.72 bits per heavy atom. The molecule has 0 aromatic carbocycles. The van der Waals surface area contributed by atoms with Crippen LogP contribution in [0.2, 0.25) is 0 Å². The standard InChI is InChI=1S/C21H30BrFO2/c1-20-8-6-11-12-7-9-21(25)18(19(21)23)14(12)3-2-13(11)15(20)4-5-16(20)17(24)10-22/h11-16,18-19,25H,2-10H2,1H3/t11-,12-,13-,14+,15+,16-,18?,19?,20+,21-/m1/s1. The maximum atomic E-state index is 14.2. The van der Waals surface area contributed by atoms with Gasteiger partial charge in [0.1, 0.15) is 17.6 Å². The summed E-state index contributed by atoms with van der Waals surface area (Å²) in [5, 5.41) is 10.9. The molecule has 10 atom stereocenters. The first kappa shape index (κ1) is 17.2. The molecular weight excluding hydrogens is 383 g/mol. The minimum Gasteiger partial charge on any atom is -0.386 e. The summed E-state index contributed by atoms with van der Waals surface area (Å²) < 4.78 is 14.2. The van der Waals surface area contributed by atoms with E-state index in [1.54, 1.807) is 0 Å². The predicted molar refractivity (Wildman–Crippen MR) is 98.1 cm³/mol. The third-order valence-corrected chi connectivity index (χ3v) is 10.1. The molecule has 0 aliphatic heterocycles. The smallest absolute Gasteiger partial charge is 0.147 e. The molecule has 2 nitrogen and oxygen atoms in total. The van der Waals surface area contributed by atoms with Crippen LogP contribution in [0.1, 0.15) is 58.3 Å². The van der Waals surface area contributed by atoms with E-state index in [9.17, 15) is 14.3 Å². The zero-order valence-electron chi connectivity index (χ0n) is 15.1. The Labute approximate surface area is 158 Å². The third-order valence-electron chi connectivity index (χ3n) is 9.55. The Bertz CT molecular complexity index is 596. The van der Waals surface area contributed by atoms with Crippen molar-refractivity contribution in [1.82, 2.24) is 0 Å². The largest absolute Gasteiger partial charge is 0.386 e. The minimum atomic E-state index is -0.960. The van der Waals surface area contributed by atoms with Crippen molar-refractivity contribution < 1.29 is 14.3 Å². The van der Waals surface area contributed by atoms with Crippen molar-refractivity contribution in [2.45, 2.75) is 70.1 Å². The number of Topliss-reactive ketones (excluding diaryl/α,β-unsaturated/α-hetero) is 1. The van der Waals surface area contributed by atoms with Crippen LogP contribution in [0.5, 0.6) is 0 Å². The van der Waals surface area contributed by atoms with Crippen LogP contribution in [0.15, 0.2) is 0 Å². The number of hydrogen-bond donors (Lipinski definition) is 1. The molecular formula is C21H30BrFO2. The number of hydrogen-bond acceptors (Lipinski definition) is 2. The number of fused-ring (bicyclic) bond motifs is 7. The highest BCUT2D eigenvalue weighted by molar-refractivity contribution is 9.09. The van der Waals surface area contributed by atoms with Crippen LogP contribution in [0.3, 0.4) is 0 Å². The highest BCUT2D eigenvalue weighted by atomic mass is 79.9. The number of aliphatic hydroxyl groups is 1. The molecule has 25 heavy (non-hydrogen) atoms. The Balaban J connectivity index is 1.39. The third kappa shape index (κ3) is 2.13. The molecule has 0 saturated heterocycles. The molecule has 0 radical (unpaired) electrons. The molecule has 0 heterocycles.